The summed E-state index contributed by atoms with van der Waals surface area (Å²) in [7, 11) is 0. The lowest BCUT2D eigenvalue weighted by Crippen LogP contribution is -2.51. The Labute approximate surface area is 136 Å². The van der Waals surface area contributed by atoms with Gasteiger partial charge in [0.2, 0.25) is 5.91 Å². The number of amides is 1. The molecule has 1 saturated heterocycles. The topological polar surface area (TPSA) is 66.7 Å². The van der Waals surface area contributed by atoms with E-state index in [1.165, 1.54) is 31.7 Å². The van der Waals surface area contributed by atoms with Crippen LogP contribution in [-0.4, -0.2) is 41.9 Å². The van der Waals surface area contributed by atoms with Crippen LogP contribution in [0.2, 0.25) is 0 Å². The number of benzene rings is 1. The molecule has 1 saturated carbocycles. The van der Waals surface area contributed by atoms with Gasteiger partial charge in [0.15, 0.2) is 0 Å². The Kier molecular flexibility index (Phi) is 4.50. The molecule has 6 heteroatoms. The lowest BCUT2D eigenvalue weighted by Gasteiger charge is -2.36. The molecule has 6 nitrogen and oxygen atoms in total. The molecule has 0 bridgehead atoms. The predicted molar refractivity (Wildman–Crippen MR) is 88.6 cm³/mol. The second-order valence-electron chi connectivity index (χ2n) is 6.64. The molecule has 1 heterocycles. The Morgan fingerprint density at radius 2 is 2.00 bits per heavy atom. The largest absolute Gasteiger partial charge is 0.360 e. The number of aryl methyl sites for hydroxylation is 1. The monoisotopic (exact) mass is 317 g/mol. The summed E-state index contributed by atoms with van der Waals surface area (Å²) in [6.07, 6.45) is 5.08. The molecule has 1 aromatic rings. The maximum absolute atomic E-state index is 12.4. The molecular formula is C17H23N3O3. The van der Waals surface area contributed by atoms with Crippen LogP contribution in [0.1, 0.15) is 31.2 Å². The minimum absolute atomic E-state index is 0.125. The van der Waals surface area contributed by atoms with Crippen LogP contribution >= 0.6 is 0 Å². The third kappa shape index (κ3) is 3.46. The van der Waals surface area contributed by atoms with E-state index in [9.17, 15) is 14.9 Å². The highest BCUT2D eigenvalue weighted by Crippen LogP contribution is 2.28. The van der Waals surface area contributed by atoms with Gasteiger partial charge in [-0.15, -0.1) is 0 Å². The van der Waals surface area contributed by atoms with E-state index in [0.717, 1.165) is 25.3 Å². The highest BCUT2D eigenvalue weighted by atomic mass is 16.6. The molecule has 124 valence electrons. The van der Waals surface area contributed by atoms with Gasteiger partial charge >= 0.3 is 0 Å². The molecule has 1 aliphatic carbocycles. The van der Waals surface area contributed by atoms with Crippen molar-refractivity contribution in [2.75, 3.05) is 31.1 Å². The molecule has 1 aliphatic heterocycles. The van der Waals surface area contributed by atoms with E-state index >= 15 is 0 Å². The SMILES string of the molecule is Cc1cc(N2CCN(CC3CCCC3)C(=O)C2)ccc1[N+](=O)[O-]. The zero-order chi connectivity index (χ0) is 16.4. The van der Waals surface area contributed by atoms with E-state index in [1.54, 1.807) is 19.1 Å². The first kappa shape index (κ1) is 15.8. The molecule has 2 aliphatic rings. The molecule has 2 fully saturated rings. The van der Waals surface area contributed by atoms with E-state index in [0.29, 0.717) is 18.0 Å². The van der Waals surface area contributed by atoms with Gasteiger partial charge in [-0.3, -0.25) is 14.9 Å². The Balaban J connectivity index is 1.64. The molecule has 0 atom stereocenters. The normalized spacial score (nSPS) is 19.4. The van der Waals surface area contributed by atoms with Crippen molar-refractivity contribution in [1.29, 1.82) is 0 Å². The molecule has 0 N–H and O–H groups in total. The van der Waals surface area contributed by atoms with Crippen molar-refractivity contribution in [2.45, 2.75) is 32.6 Å². The number of piperazine rings is 1. The van der Waals surface area contributed by atoms with E-state index in [1.807, 2.05) is 9.80 Å². The number of anilines is 1. The standard InChI is InChI=1S/C17H23N3O3/c1-13-10-15(6-7-16(13)20(22)23)18-8-9-19(17(21)12-18)11-14-4-2-3-5-14/h6-7,10,14H,2-5,8-9,11-12H2,1H3. The summed E-state index contributed by atoms with van der Waals surface area (Å²) in [6.45, 7) is 4.52. The van der Waals surface area contributed by atoms with Crippen LogP contribution in [-0.2, 0) is 4.79 Å². The van der Waals surface area contributed by atoms with E-state index in [-0.39, 0.29) is 16.5 Å². The highest BCUT2D eigenvalue weighted by Gasteiger charge is 2.27. The fourth-order valence-electron chi connectivity index (χ4n) is 3.67. The average Bonchev–Trinajstić information content (AvgIpc) is 3.02. The lowest BCUT2D eigenvalue weighted by atomic mass is 10.1. The number of nitrogens with zero attached hydrogens (tertiary/aromatic N) is 3. The smallest absolute Gasteiger partial charge is 0.272 e. The fraction of sp³-hybridized carbons (Fsp3) is 0.588. The molecular weight excluding hydrogens is 294 g/mol. The van der Waals surface area contributed by atoms with Crippen LogP contribution in [0, 0.1) is 23.0 Å². The Bertz CT molecular complexity index is 611. The summed E-state index contributed by atoms with van der Waals surface area (Å²) >= 11 is 0. The number of nitro groups is 1. The summed E-state index contributed by atoms with van der Waals surface area (Å²) in [5.74, 6) is 0.839. The first-order valence-electron chi connectivity index (χ1n) is 8.32. The van der Waals surface area contributed by atoms with Gasteiger partial charge in [0.1, 0.15) is 0 Å². The van der Waals surface area contributed by atoms with E-state index in [4.69, 9.17) is 0 Å². The van der Waals surface area contributed by atoms with Crippen LogP contribution in [0.4, 0.5) is 11.4 Å². The average molecular weight is 317 g/mol. The number of hydrogen-bond donors (Lipinski definition) is 0. The number of rotatable bonds is 4. The van der Waals surface area contributed by atoms with Gasteiger partial charge in [-0.1, -0.05) is 12.8 Å². The number of carbonyl (C=O) groups excluding carboxylic acids is 1. The third-order valence-electron chi connectivity index (χ3n) is 5.01. The molecule has 0 radical (unpaired) electrons. The summed E-state index contributed by atoms with van der Waals surface area (Å²) in [5.41, 5.74) is 1.65. The Morgan fingerprint density at radius 3 is 2.61 bits per heavy atom. The highest BCUT2D eigenvalue weighted by molar-refractivity contribution is 5.83. The van der Waals surface area contributed by atoms with Gasteiger partial charge in [-0.25, -0.2) is 0 Å². The van der Waals surface area contributed by atoms with Crippen molar-refractivity contribution < 1.29 is 9.72 Å². The minimum Gasteiger partial charge on any atom is -0.360 e. The van der Waals surface area contributed by atoms with Crippen LogP contribution in [0.5, 0.6) is 0 Å². The molecule has 0 unspecified atom stereocenters. The summed E-state index contributed by atoms with van der Waals surface area (Å²) in [4.78, 5) is 26.9. The van der Waals surface area contributed by atoms with E-state index in [2.05, 4.69) is 0 Å². The van der Waals surface area contributed by atoms with Crippen molar-refractivity contribution >= 4 is 17.3 Å². The van der Waals surface area contributed by atoms with Crippen molar-refractivity contribution in [1.82, 2.24) is 4.90 Å². The van der Waals surface area contributed by atoms with Crippen molar-refractivity contribution in [2.24, 2.45) is 5.92 Å². The molecule has 3 rings (SSSR count). The summed E-state index contributed by atoms with van der Waals surface area (Å²) in [6, 6.07) is 5.07. The van der Waals surface area contributed by atoms with Crippen molar-refractivity contribution in [3.05, 3.63) is 33.9 Å². The zero-order valence-electron chi connectivity index (χ0n) is 13.5. The van der Waals surface area contributed by atoms with Gasteiger partial charge in [0, 0.05) is 37.0 Å². The van der Waals surface area contributed by atoms with Gasteiger partial charge in [0.05, 0.1) is 11.5 Å². The first-order chi connectivity index (χ1) is 11.0. The maximum atomic E-state index is 12.4. The number of hydrogen-bond acceptors (Lipinski definition) is 4. The fourth-order valence-corrected chi connectivity index (χ4v) is 3.67. The van der Waals surface area contributed by atoms with E-state index < -0.39 is 0 Å². The maximum Gasteiger partial charge on any atom is 0.272 e. The lowest BCUT2D eigenvalue weighted by molar-refractivity contribution is -0.385. The predicted octanol–water partition coefficient (Wildman–Crippen LogP) is 2.74. The Morgan fingerprint density at radius 1 is 1.26 bits per heavy atom. The van der Waals surface area contributed by atoms with Crippen molar-refractivity contribution in [3.8, 4) is 0 Å². The molecule has 0 spiro atoms. The van der Waals surface area contributed by atoms with Gasteiger partial charge in [-0.05, 0) is 37.8 Å². The van der Waals surface area contributed by atoms with Gasteiger partial charge in [-0.2, -0.15) is 0 Å². The number of carbonyl (C=O) groups is 1. The summed E-state index contributed by atoms with van der Waals surface area (Å²) < 4.78 is 0. The first-order valence-corrected chi connectivity index (χ1v) is 8.32. The molecule has 23 heavy (non-hydrogen) atoms. The minimum atomic E-state index is -0.371. The quantitative estimate of drug-likeness (QED) is 0.632. The second kappa shape index (κ2) is 6.56. The van der Waals surface area contributed by atoms with Crippen LogP contribution in [0.15, 0.2) is 18.2 Å². The van der Waals surface area contributed by atoms with Crippen LogP contribution < -0.4 is 4.90 Å². The summed E-state index contributed by atoms with van der Waals surface area (Å²) in [5, 5.41) is 10.9. The number of nitro benzene ring substituents is 1. The Hall–Kier alpha value is -2.11. The van der Waals surface area contributed by atoms with Gasteiger partial charge in [0.25, 0.3) is 5.69 Å². The molecule has 1 aromatic carbocycles. The third-order valence-corrected chi connectivity index (χ3v) is 5.01. The van der Waals surface area contributed by atoms with Crippen LogP contribution in [0.25, 0.3) is 0 Å². The second-order valence-corrected chi connectivity index (χ2v) is 6.64. The van der Waals surface area contributed by atoms with Crippen LogP contribution in [0.3, 0.4) is 0 Å². The van der Waals surface area contributed by atoms with Gasteiger partial charge < -0.3 is 9.80 Å². The molecule has 1 amide bonds. The zero-order valence-corrected chi connectivity index (χ0v) is 13.5. The molecule has 0 aromatic heterocycles. The van der Waals surface area contributed by atoms with Crippen molar-refractivity contribution in [3.63, 3.8) is 0 Å².